The molecule has 0 amide bonds. The highest BCUT2D eigenvalue weighted by Crippen LogP contribution is 2.27. The van der Waals surface area contributed by atoms with Crippen molar-refractivity contribution < 1.29 is 18.8 Å². The summed E-state index contributed by atoms with van der Waals surface area (Å²) < 4.78 is 17.7. The van der Waals surface area contributed by atoms with Crippen LogP contribution in [0.1, 0.15) is 12.0 Å². The normalized spacial score (nSPS) is 10.1. The molecule has 0 atom stereocenters. The first-order valence-corrected chi connectivity index (χ1v) is 5.02. The van der Waals surface area contributed by atoms with E-state index in [9.17, 15) is 19.3 Å². The lowest BCUT2D eigenvalue weighted by Crippen LogP contribution is -2.03. The van der Waals surface area contributed by atoms with Gasteiger partial charge in [-0.15, -0.1) is 0 Å². The largest absolute Gasteiger partial charge is 0.469 e. The molecule has 0 aliphatic heterocycles. The van der Waals surface area contributed by atoms with Gasteiger partial charge in [0, 0.05) is 12.5 Å². The van der Waals surface area contributed by atoms with Crippen molar-refractivity contribution in [2.45, 2.75) is 12.8 Å². The van der Waals surface area contributed by atoms with Crippen molar-refractivity contribution in [2.75, 3.05) is 7.11 Å². The predicted octanol–water partition coefficient (Wildman–Crippen LogP) is 2.49. The van der Waals surface area contributed by atoms with Crippen LogP contribution in [0.2, 0.25) is 5.02 Å². The molecule has 0 saturated heterocycles. The minimum Gasteiger partial charge on any atom is -0.469 e. The van der Waals surface area contributed by atoms with Gasteiger partial charge in [0.25, 0.3) is 0 Å². The maximum absolute atomic E-state index is 13.2. The Kier molecular flexibility index (Phi) is 4.39. The monoisotopic (exact) mass is 261 g/mol. The molecule has 1 aromatic carbocycles. The summed E-state index contributed by atoms with van der Waals surface area (Å²) in [5.41, 5.74) is -0.286. The van der Waals surface area contributed by atoms with Gasteiger partial charge in [-0.1, -0.05) is 11.6 Å². The molecule has 1 aromatic rings. The Morgan fingerprint density at radius 3 is 2.76 bits per heavy atom. The van der Waals surface area contributed by atoms with Crippen molar-refractivity contribution in [2.24, 2.45) is 0 Å². The molecular weight excluding hydrogens is 253 g/mol. The number of carbonyl (C=O) groups excluding carboxylic acids is 1. The van der Waals surface area contributed by atoms with Crippen molar-refractivity contribution in [1.29, 1.82) is 0 Å². The molecule has 7 heteroatoms. The third kappa shape index (κ3) is 3.39. The molecule has 0 unspecified atom stereocenters. The van der Waals surface area contributed by atoms with Crippen molar-refractivity contribution in [3.05, 3.63) is 38.7 Å². The van der Waals surface area contributed by atoms with Crippen molar-refractivity contribution >= 4 is 23.3 Å². The van der Waals surface area contributed by atoms with E-state index < -0.39 is 22.4 Å². The topological polar surface area (TPSA) is 69.4 Å². The number of nitro groups is 1. The van der Waals surface area contributed by atoms with E-state index in [1.807, 2.05) is 0 Å². The van der Waals surface area contributed by atoms with E-state index in [4.69, 9.17) is 11.6 Å². The van der Waals surface area contributed by atoms with Crippen molar-refractivity contribution in [3.8, 4) is 0 Å². The first-order chi connectivity index (χ1) is 7.95. The zero-order valence-electron chi connectivity index (χ0n) is 8.91. The van der Waals surface area contributed by atoms with E-state index in [-0.39, 0.29) is 17.9 Å². The lowest BCUT2D eigenvalue weighted by molar-refractivity contribution is -0.387. The third-order valence-corrected chi connectivity index (χ3v) is 2.39. The lowest BCUT2D eigenvalue weighted by Gasteiger charge is -2.03. The number of benzene rings is 1. The van der Waals surface area contributed by atoms with Crippen LogP contribution in [-0.4, -0.2) is 18.0 Å². The van der Waals surface area contributed by atoms with Crippen LogP contribution in [0.4, 0.5) is 10.1 Å². The highest BCUT2D eigenvalue weighted by atomic mass is 35.5. The molecule has 92 valence electrons. The fraction of sp³-hybridized carbons (Fsp3) is 0.300. The maximum Gasteiger partial charge on any atom is 0.306 e. The van der Waals surface area contributed by atoms with Gasteiger partial charge < -0.3 is 4.74 Å². The van der Waals surface area contributed by atoms with Crippen LogP contribution in [0.25, 0.3) is 0 Å². The van der Waals surface area contributed by atoms with Gasteiger partial charge in [0.05, 0.1) is 17.1 Å². The Balaban J connectivity index is 2.95. The summed E-state index contributed by atoms with van der Waals surface area (Å²) in [7, 11) is 1.24. The van der Waals surface area contributed by atoms with Crippen LogP contribution < -0.4 is 0 Å². The quantitative estimate of drug-likeness (QED) is 0.474. The average Bonchev–Trinajstić information content (AvgIpc) is 2.29. The number of esters is 1. The smallest absolute Gasteiger partial charge is 0.306 e. The summed E-state index contributed by atoms with van der Waals surface area (Å²) in [6, 6.07) is 2.32. The van der Waals surface area contributed by atoms with Crippen LogP contribution in [0.5, 0.6) is 0 Å². The summed E-state index contributed by atoms with van der Waals surface area (Å²) in [6.45, 7) is 0. The Hall–Kier alpha value is -1.69. The SMILES string of the molecule is COC(=O)CCc1cc(Cl)c(F)c([N+](=O)[O-])c1. The molecule has 0 bridgehead atoms. The molecule has 5 nitrogen and oxygen atoms in total. The molecule has 0 saturated carbocycles. The third-order valence-electron chi connectivity index (χ3n) is 2.11. The predicted molar refractivity (Wildman–Crippen MR) is 58.4 cm³/mol. The molecule has 0 N–H and O–H groups in total. The molecule has 0 heterocycles. The van der Waals surface area contributed by atoms with E-state index in [2.05, 4.69) is 4.74 Å². The summed E-state index contributed by atoms with van der Waals surface area (Å²) in [5.74, 6) is -1.52. The van der Waals surface area contributed by atoms with E-state index >= 15 is 0 Å². The van der Waals surface area contributed by atoms with E-state index in [0.717, 1.165) is 6.07 Å². The molecule has 0 aromatic heterocycles. The molecule has 0 aliphatic carbocycles. The maximum atomic E-state index is 13.2. The first-order valence-electron chi connectivity index (χ1n) is 4.65. The molecule has 1 rings (SSSR count). The number of nitro benzene ring substituents is 1. The molecule has 0 fully saturated rings. The second kappa shape index (κ2) is 5.58. The summed E-state index contributed by atoms with van der Waals surface area (Å²) in [5, 5.41) is 10.2. The van der Waals surface area contributed by atoms with Gasteiger partial charge in [-0.25, -0.2) is 0 Å². The number of hydrogen-bond donors (Lipinski definition) is 0. The number of rotatable bonds is 4. The van der Waals surface area contributed by atoms with Crippen molar-refractivity contribution in [1.82, 2.24) is 0 Å². The van der Waals surface area contributed by atoms with Gasteiger partial charge in [-0.2, -0.15) is 4.39 Å². The van der Waals surface area contributed by atoms with E-state index in [1.165, 1.54) is 13.2 Å². The highest BCUT2D eigenvalue weighted by molar-refractivity contribution is 6.31. The fourth-order valence-electron chi connectivity index (χ4n) is 1.25. The number of carbonyl (C=O) groups is 1. The van der Waals surface area contributed by atoms with E-state index in [1.54, 1.807) is 0 Å². The van der Waals surface area contributed by atoms with Crippen LogP contribution >= 0.6 is 11.6 Å². The first kappa shape index (κ1) is 13.4. The van der Waals surface area contributed by atoms with Crippen LogP contribution in [0, 0.1) is 15.9 Å². The second-order valence-electron chi connectivity index (χ2n) is 3.24. The van der Waals surface area contributed by atoms with Crippen LogP contribution in [-0.2, 0) is 16.0 Å². The summed E-state index contributed by atoms with van der Waals surface area (Å²) in [6.07, 6.45) is 0.253. The highest BCUT2D eigenvalue weighted by Gasteiger charge is 2.19. The zero-order valence-corrected chi connectivity index (χ0v) is 9.66. The summed E-state index contributed by atoms with van der Waals surface area (Å²) in [4.78, 5) is 20.6. The number of halogens is 2. The van der Waals surface area contributed by atoms with Crippen LogP contribution in [0.15, 0.2) is 12.1 Å². The average molecular weight is 262 g/mol. The van der Waals surface area contributed by atoms with Crippen LogP contribution in [0.3, 0.4) is 0 Å². The minimum absolute atomic E-state index is 0.0512. The number of methoxy groups -OCH3 is 1. The van der Waals surface area contributed by atoms with Gasteiger partial charge in [0.2, 0.25) is 5.82 Å². The number of hydrogen-bond acceptors (Lipinski definition) is 4. The minimum atomic E-state index is -1.07. The van der Waals surface area contributed by atoms with Gasteiger partial charge in [0.1, 0.15) is 0 Å². The molecule has 0 aliphatic rings. The Morgan fingerprint density at radius 2 is 2.24 bits per heavy atom. The van der Waals surface area contributed by atoms with Gasteiger partial charge >= 0.3 is 11.7 Å². The van der Waals surface area contributed by atoms with Crippen molar-refractivity contribution in [3.63, 3.8) is 0 Å². The Bertz CT molecular complexity index is 464. The standard InChI is InChI=1S/C10H9ClFNO4/c1-17-9(14)3-2-6-4-7(11)10(12)8(5-6)13(15)16/h4-5H,2-3H2,1H3. The van der Waals surface area contributed by atoms with Gasteiger partial charge in [0.15, 0.2) is 0 Å². The number of ether oxygens (including phenoxy) is 1. The second-order valence-corrected chi connectivity index (χ2v) is 3.65. The number of aryl methyl sites for hydroxylation is 1. The molecule has 0 radical (unpaired) electrons. The zero-order chi connectivity index (χ0) is 13.0. The molecular formula is C10H9ClFNO4. The molecule has 0 spiro atoms. The van der Waals surface area contributed by atoms with E-state index in [0.29, 0.717) is 5.56 Å². The van der Waals surface area contributed by atoms with Gasteiger partial charge in [-0.05, 0) is 18.1 Å². The fourth-order valence-corrected chi connectivity index (χ4v) is 1.49. The number of nitrogens with zero attached hydrogens (tertiary/aromatic N) is 1. The molecule has 17 heavy (non-hydrogen) atoms. The van der Waals surface area contributed by atoms with Gasteiger partial charge in [-0.3, -0.25) is 14.9 Å². The Labute approximate surface area is 101 Å². The lowest BCUT2D eigenvalue weighted by atomic mass is 10.1. The Morgan fingerprint density at radius 1 is 1.59 bits per heavy atom. The summed E-state index contributed by atoms with van der Waals surface area (Å²) >= 11 is 5.52.